The van der Waals surface area contributed by atoms with Gasteiger partial charge in [0, 0.05) is 0 Å². The molecule has 8 nitrogen and oxygen atoms in total. The average Bonchev–Trinajstić information content (AvgIpc) is 2.34. The molecule has 0 fully saturated rings. The lowest BCUT2D eigenvalue weighted by molar-refractivity contribution is -0.156. The lowest BCUT2D eigenvalue weighted by Gasteiger charge is -2.06. The first-order valence-electron chi connectivity index (χ1n) is 2.40. The highest BCUT2D eigenvalue weighted by Crippen LogP contribution is 2.20. The van der Waals surface area contributed by atoms with E-state index in [2.05, 4.69) is 20.7 Å². The molecule has 1 aliphatic heterocycles. The second kappa shape index (κ2) is 2.08. The number of carboxylic acids is 2. The predicted octanol–water partition coefficient (Wildman–Crippen LogP) is -0.315. The zero-order chi connectivity index (χ0) is 8.48. The molecule has 0 spiro atoms. The molecule has 0 bridgehead atoms. The lowest BCUT2D eigenvalue weighted by atomic mass is 10.2. The highest BCUT2D eigenvalue weighted by Gasteiger charge is 2.50. The van der Waals surface area contributed by atoms with Gasteiger partial charge in [-0.25, -0.2) is 9.59 Å². The first kappa shape index (κ1) is 7.25. The molecule has 0 saturated carbocycles. The minimum atomic E-state index is -2.56. The fourth-order valence-electron chi connectivity index (χ4n) is 0.452. The third-order valence-corrected chi connectivity index (χ3v) is 1.02. The van der Waals surface area contributed by atoms with Crippen molar-refractivity contribution in [2.24, 2.45) is 20.7 Å². The van der Waals surface area contributed by atoms with E-state index in [0.29, 0.717) is 0 Å². The van der Waals surface area contributed by atoms with Crippen molar-refractivity contribution in [2.45, 2.75) is 5.66 Å². The Kier molecular flexibility index (Phi) is 1.37. The van der Waals surface area contributed by atoms with E-state index >= 15 is 0 Å². The summed E-state index contributed by atoms with van der Waals surface area (Å²) in [5.74, 6) is -3.43. The van der Waals surface area contributed by atoms with Crippen LogP contribution in [-0.4, -0.2) is 27.8 Å². The quantitative estimate of drug-likeness (QED) is 0.534. The lowest BCUT2D eigenvalue weighted by Crippen LogP contribution is -2.41. The monoisotopic (exact) mass is 158 g/mol. The van der Waals surface area contributed by atoms with Crippen molar-refractivity contribution in [1.29, 1.82) is 0 Å². The van der Waals surface area contributed by atoms with Crippen LogP contribution in [0.15, 0.2) is 20.7 Å². The SMILES string of the molecule is O=C(O)C1(C(=O)O)N=NN=N1. The number of hydrogen-bond donors (Lipinski definition) is 2. The fraction of sp³-hybridized carbons (Fsp3) is 0.333. The van der Waals surface area contributed by atoms with Gasteiger partial charge in [-0.3, -0.25) is 0 Å². The topological polar surface area (TPSA) is 124 Å². The van der Waals surface area contributed by atoms with Crippen LogP contribution in [0, 0.1) is 0 Å². The number of hydrogen-bond acceptors (Lipinski definition) is 6. The molecule has 0 atom stereocenters. The molecule has 0 unspecified atom stereocenters. The molecule has 0 radical (unpaired) electrons. The van der Waals surface area contributed by atoms with Crippen LogP contribution in [0.1, 0.15) is 0 Å². The minimum Gasteiger partial charge on any atom is -0.477 e. The van der Waals surface area contributed by atoms with Gasteiger partial charge in [-0.15, -0.1) is 10.2 Å². The molecule has 8 heteroatoms. The summed E-state index contributed by atoms with van der Waals surface area (Å²) in [6, 6.07) is 0. The third kappa shape index (κ3) is 0.838. The number of carboxylic acid groups (broad SMARTS) is 2. The highest BCUT2D eigenvalue weighted by atomic mass is 16.4. The predicted molar refractivity (Wildman–Crippen MR) is 27.7 cm³/mol. The second-order valence-electron chi connectivity index (χ2n) is 1.66. The Bertz CT molecular complexity index is 241. The summed E-state index contributed by atoms with van der Waals surface area (Å²) in [5.41, 5.74) is -2.56. The van der Waals surface area contributed by atoms with Crippen LogP contribution in [0.2, 0.25) is 0 Å². The van der Waals surface area contributed by atoms with Gasteiger partial charge in [-0.05, 0) is 10.4 Å². The number of nitrogens with zero attached hydrogens (tertiary/aromatic N) is 4. The second-order valence-corrected chi connectivity index (χ2v) is 1.66. The molecule has 0 aromatic heterocycles. The van der Waals surface area contributed by atoms with Gasteiger partial charge in [0.25, 0.3) is 0 Å². The largest absolute Gasteiger partial charge is 0.477 e. The van der Waals surface area contributed by atoms with Gasteiger partial charge in [0.05, 0.1) is 0 Å². The van der Waals surface area contributed by atoms with E-state index in [0.717, 1.165) is 0 Å². The standard InChI is InChI=1S/C3H2N4O4/c8-1(9)3(2(10)11)4-6-7-5-3/h(H,8,9)(H,10,11). The Balaban J connectivity index is 3.09. The normalized spacial score (nSPS) is 18.5. The van der Waals surface area contributed by atoms with Crippen LogP contribution >= 0.6 is 0 Å². The molecule has 11 heavy (non-hydrogen) atoms. The molecule has 0 aromatic rings. The van der Waals surface area contributed by atoms with E-state index < -0.39 is 17.6 Å². The van der Waals surface area contributed by atoms with Crippen molar-refractivity contribution in [3.63, 3.8) is 0 Å². The first-order chi connectivity index (χ1) is 5.09. The van der Waals surface area contributed by atoms with Crippen molar-refractivity contribution in [3.8, 4) is 0 Å². The summed E-state index contributed by atoms with van der Waals surface area (Å²) in [4.78, 5) is 20.6. The summed E-state index contributed by atoms with van der Waals surface area (Å²) in [7, 11) is 0. The number of carbonyl (C=O) groups is 2. The van der Waals surface area contributed by atoms with Gasteiger partial charge < -0.3 is 10.2 Å². The summed E-state index contributed by atoms with van der Waals surface area (Å²) in [5, 5.41) is 28.0. The van der Waals surface area contributed by atoms with Crippen molar-refractivity contribution >= 4 is 11.9 Å². The third-order valence-electron chi connectivity index (χ3n) is 1.02. The Morgan fingerprint density at radius 3 is 1.55 bits per heavy atom. The van der Waals surface area contributed by atoms with E-state index in [4.69, 9.17) is 10.2 Å². The smallest absolute Gasteiger partial charge is 0.384 e. The molecular formula is C3H2N4O4. The maximum Gasteiger partial charge on any atom is 0.384 e. The van der Waals surface area contributed by atoms with E-state index in [9.17, 15) is 9.59 Å². The molecule has 1 aliphatic rings. The maximum atomic E-state index is 10.3. The summed E-state index contributed by atoms with van der Waals surface area (Å²) < 4.78 is 0. The van der Waals surface area contributed by atoms with Crippen molar-refractivity contribution < 1.29 is 19.8 Å². The van der Waals surface area contributed by atoms with Crippen molar-refractivity contribution in [1.82, 2.24) is 0 Å². The van der Waals surface area contributed by atoms with E-state index in [1.165, 1.54) is 0 Å². The Morgan fingerprint density at radius 2 is 1.36 bits per heavy atom. The van der Waals surface area contributed by atoms with E-state index in [-0.39, 0.29) is 0 Å². The van der Waals surface area contributed by atoms with Crippen LogP contribution in [-0.2, 0) is 9.59 Å². The van der Waals surface area contributed by atoms with Crippen LogP contribution in [0.5, 0.6) is 0 Å². The molecule has 0 amide bonds. The molecule has 58 valence electrons. The molecule has 1 rings (SSSR count). The maximum absolute atomic E-state index is 10.3. The average molecular weight is 158 g/mol. The van der Waals surface area contributed by atoms with Crippen LogP contribution < -0.4 is 0 Å². The summed E-state index contributed by atoms with van der Waals surface area (Å²) >= 11 is 0. The molecule has 2 N–H and O–H groups in total. The Labute approximate surface area is 59.2 Å². The zero-order valence-corrected chi connectivity index (χ0v) is 5.00. The Hall–Kier alpha value is -1.86. The molecule has 0 aliphatic carbocycles. The number of rotatable bonds is 2. The van der Waals surface area contributed by atoms with E-state index in [1.54, 1.807) is 0 Å². The van der Waals surface area contributed by atoms with Gasteiger partial charge in [0.1, 0.15) is 0 Å². The van der Waals surface area contributed by atoms with Gasteiger partial charge >= 0.3 is 17.6 Å². The molecule has 0 aromatic carbocycles. The summed E-state index contributed by atoms with van der Waals surface area (Å²) in [6.45, 7) is 0. The van der Waals surface area contributed by atoms with Gasteiger partial charge in [0.2, 0.25) is 0 Å². The minimum absolute atomic E-state index is 1.71. The van der Waals surface area contributed by atoms with Gasteiger partial charge in [-0.1, -0.05) is 0 Å². The van der Waals surface area contributed by atoms with Crippen molar-refractivity contribution in [2.75, 3.05) is 0 Å². The Morgan fingerprint density at radius 1 is 1.00 bits per heavy atom. The zero-order valence-electron chi connectivity index (χ0n) is 5.00. The van der Waals surface area contributed by atoms with Crippen LogP contribution in [0.25, 0.3) is 0 Å². The fourth-order valence-corrected chi connectivity index (χ4v) is 0.452. The summed E-state index contributed by atoms with van der Waals surface area (Å²) in [6.07, 6.45) is 0. The first-order valence-corrected chi connectivity index (χ1v) is 2.40. The van der Waals surface area contributed by atoms with Crippen molar-refractivity contribution in [3.05, 3.63) is 0 Å². The van der Waals surface area contributed by atoms with Gasteiger partial charge in [-0.2, -0.15) is 0 Å². The van der Waals surface area contributed by atoms with E-state index in [1.807, 2.05) is 0 Å². The molecule has 1 heterocycles. The molecular weight excluding hydrogens is 156 g/mol. The highest BCUT2D eigenvalue weighted by molar-refractivity contribution is 6.03. The van der Waals surface area contributed by atoms with Gasteiger partial charge in [0.15, 0.2) is 0 Å². The van der Waals surface area contributed by atoms with Crippen LogP contribution in [0.3, 0.4) is 0 Å². The number of aliphatic carboxylic acids is 2. The van der Waals surface area contributed by atoms with Crippen LogP contribution in [0.4, 0.5) is 0 Å². The molecule has 0 saturated heterocycles.